The summed E-state index contributed by atoms with van der Waals surface area (Å²) in [6, 6.07) is 7.05. The molecular formula is C22H23NO5. The molecule has 0 saturated heterocycles. The number of nitro benzene ring substituents is 1. The predicted octanol–water partition coefficient (Wildman–Crippen LogP) is 4.99. The van der Waals surface area contributed by atoms with Crippen LogP contribution in [0.3, 0.4) is 0 Å². The highest BCUT2D eigenvalue weighted by atomic mass is 16.6. The molecule has 6 nitrogen and oxygen atoms in total. The fourth-order valence-corrected chi connectivity index (χ4v) is 4.24. The van der Waals surface area contributed by atoms with Gasteiger partial charge in [-0.3, -0.25) is 19.7 Å². The summed E-state index contributed by atoms with van der Waals surface area (Å²) in [6.07, 6.45) is 1.16. The van der Waals surface area contributed by atoms with Crippen LogP contribution in [0.4, 0.5) is 5.69 Å². The van der Waals surface area contributed by atoms with Crippen molar-refractivity contribution in [2.24, 2.45) is 0 Å². The van der Waals surface area contributed by atoms with Gasteiger partial charge in [-0.15, -0.1) is 0 Å². The SMILES string of the molecule is CCCC(O)=C1C(=O)CC(c2c(C)c(C)c([N+](=O)[O-])c3ccccc23)CC1=O. The van der Waals surface area contributed by atoms with Gasteiger partial charge in [-0.25, -0.2) is 0 Å². The van der Waals surface area contributed by atoms with Crippen LogP contribution in [-0.4, -0.2) is 21.6 Å². The van der Waals surface area contributed by atoms with Gasteiger partial charge in [0, 0.05) is 24.8 Å². The Hall–Kier alpha value is -3.02. The van der Waals surface area contributed by atoms with Gasteiger partial charge in [-0.05, 0) is 48.8 Å². The Morgan fingerprint density at radius 3 is 2.21 bits per heavy atom. The summed E-state index contributed by atoms with van der Waals surface area (Å²) in [7, 11) is 0. The molecule has 6 heteroatoms. The van der Waals surface area contributed by atoms with E-state index in [0.717, 1.165) is 11.1 Å². The maximum Gasteiger partial charge on any atom is 0.280 e. The number of ketones is 2. The fraction of sp³-hybridized carbons (Fsp3) is 0.364. The molecule has 0 aromatic heterocycles. The number of nitrogens with zero attached hydrogens (tertiary/aromatic N) is 1. The second-order valence-corrected chi connectivity index (χ2v) is 7.34. The second kappa shape index (κ2) is 7.54. The summed E-state index contributed by atoms with van der Waals surface area (Å²) in [4.78, 5) is 36.6. The highest BCUT2D eigenvalue weighted by Gasteiger charge is 2.36. The van der Waals surface area contributed by atoms with Gasteiger partial charge in [-0.1, -0.05) is 25.1 Å². The van der Waals surface area contributed by atoms with Gasteiger partial charge in [0.25, 0.3) is 5.69 Å². The topological polar surface area (TPSA) is 97.5 Å². The van der Waals surface area contributed by atoms with E-state index < -0.39 is 0 Å². The smallest absolute Gasteiger partial charge is 0.280 e. The average molecular weight is 381 g/mol. The van der Waals surface area contributed by atoms with Crippen molar-refractivity contribution in [1.82, 2.24) is 0 Å². The minimum atomic E-state index is -0.380. The van der Waals surface area contributed by atoms with Crippen molar-refractivity contribution in [3.8, 4) is 0 Å². The first-order valence-corrected chi connectivity index (χ1v) is 9.42. The maximum atomic E-state index is 12.7. The molecule has 2 aromatic carbocycles. The molecule has 0 atom stereocenters. The Balaban J connectivity index is 2.16. The van der Waals surface area contributed by atoms with Crippen LogP contribution in [0.1, 0.15) is 55.2 Å². The molecule has 0 aliphatic heterocycles. The first kappa shape index (κ1) is 19.7. The van der Waals surface area contributed by atoms with Gasteiger partial charge in [-0.2, -0.15) is 0 Å². The van der Waals surface area contributed by atoms with E-state index >= 15 is 0 Å². The number of allylic oxidation sites excluding steroid dienone is 2. The summed E-state index contributed by atoms with van der Waals surface area (Å²) in [5, 5.41) is 22.9. The van der Waals surface area contributed by atoms with Crippen LogP contribution in [0.2, 0.25) is 0 Å². The minimum Gasteiger partial charge on any atom is -0.511 e. The zero-order chi connectivity index (χ0) is 20.6. The number of benzene rings is 2. The van der Waals surface area contributed by atoms with Crippen molar-refractivity contribution < 1.29 is 19.6 Å². The van der Waals surface area contributed by atoms with Crippen LogP contribution in [0.15, 0.2) is 35.6 Å². The van der Waals surface area contributed by atoms with Crippen LogP contribution >= 0.6 is 0 Å². The number of carbonyl (C=O) groups excluding carboxylic acids is 2. The molecule has 0 unspecified atom stereocenters. The monoisotopic (exact) mass is 381 g/mol. The highest BCUT2D eigenvalue weighted by molar-refractivity contribution is 6.22. The van der Waals surface area contributed by atoms with Gasteiger partial charge in [0.2, 0.25) is 0 Å². The molecule has 0 amide bonds. The Labute approximate surface area is 163 Å². The van der Waals surface area contributed by atoms with Crippen molar-refractivity contribution in [2.75, 3.05) is 0 Å². The number of aliphatic hydroxyl groups is 1. The summed E-state index contributed by atoms with van der Waals surface area (Å²) in [6.45, 7) is 5.37. The normalized spacial score (nSPS) is 17.2. The van der Waals surface area contributed by atoms with Gasteiger partial charge in [0.05, 0.1) is 15.9 Å². The maximum absolute atomic E-state index is 12.7. The fourth-order valence-electron chi connectivity index (χ4n) is 4.24. The molecule has 2 aromatic rings. The lowest BCUT2D eigenvalue weighted by Crippen LogP contribution is -2.27. The molecule has 0 spiro atoms. The summed E-state index contributed by atoms with van der Waals surface area (Å²) in [5.74, 6) is -1.20. The second-order valence-electron chi connectivity index (χ2n) is 7.34. The van der Waals surface area contributed by atoms with Crippen LogP contribution in [0, 0.1) is 24.0 Å². The Morgan fingerprint density at radius 2 is 1.68 bits per heavy atom. The number of hydrogen-bond acceptors (Lipinski definition) is 5. The van der Waals surface area contributed by atoms with Gasteiger partial charge in [0.15, 0.2) is 11.6 Å². The van der Waals surface area contributed by atoms with Crippen molar-refractivity contribution in [1.29, 1.82) is 0 Å². The number of carbonyl (C=O) groups is 2. The lowest BCUT2D eigenvalue weighted by atomic mass is 9.75. The van der Waals surface area contributed by atoms with Crippen molar-refractivity contribution in [2.45, 2.75) is 52.4 Å². The number of aliphatic hydroxyl groups excluding tert-OH is 1. The first-order chi connectivity index (χ1) is 13.3. The van der Waals surface area contributed by atoms with Gasteiger partial charge in [0.1, 0.15) is 5.76 Å². The van der Waals surface area contributed by atoms with Gasteiger partial charge < -0.3 is 5.11 Å². The summed E-state index contributed by atoms with van der Waals surface area (Å²) in [5.41, 5.74) is 2.09. The highest BCUT2D eigenvalue weighted by Crippen LogP contribution is 2.43. The predicted molar refractivity (Wildman–Crippen MR) is 107 cm³/mol. The van der Waals surface area contributed by atoms with Crippen molar-refractivity contribution in [3.63, 3.8) is 0 Å². The third-order valence-electron chi connectivity index (χ3n) is 5.58. The molecule has 28 heavy (non-hydrogen) atoms. The number of hydrogen-bond donors (Lipinski definition) is 1. The molecule has 0 bridgehead atoms. The molecule has 1 N–H and O–H groups in total. The minimum absolute atomic E-state index is 0.0616. The third-order valence-corrected chi connectivity index (χ3v) is 5.58. The van der Waals surface area contributed by atoms with Gasteiger partial charge >= 0.3 is 0 Å². The lowest BCUT2D eigenvalue weighted by molar-refractivity contribution is -0.383. The van der Waals surface area contributed by atoms with Crippen LogP contribution in [0.5, 0.6) is 0 Å². The van der Waals surface area contributed by atoms with E-state index in [1.165, 1.54) is 0 Å². The van der Waals surface area contributed by atoms with Crippen molar-refractivity contribution >= 4 is 28.0 Å². The lowest BCUT2D eigenvalue weighted by Gasteiger charge is -2.26. The van der Waals surface area contributed by atoms with Crippen LogP contribution in [0.25, 0.3) is 10.8 Å². The quantitative estimate of drug-likeness (QED) is 0.264. The molecule has 1 aliphatic carbocycles. The number of rotatable bonds is 4. The molecule has 3 rings (SSSR count). The molecule has 0 radical (unpaired) electrons. The largest absolute Gasteiger partial charge is 0.511 e. The summed E-state index contributed by atoms with van der Waals surface area (Å²) < 4.78 is 0. The summed E-state index contributed by atoms with van der Waals surface area (Å²) >= 11 is 0. The number of Topliss-reactive ketones (excluding diaryl/α,β-unsaturated/α-hetero) is 2. The Bertz CT molecular complexity index is 1010. The standard InChI is InChI=1S/C22H23NO5/c1-4-7-17(24)21-18(25)10-14(11-19(21)26)20-12(2)13(3)22(23(27)28)16-9-6-5-8-15(16)20/h5-6,8-9,14,24H,4,7,10-11H2,1-3H3. The molecular weight excluding hydrogens is 358 g/mol. The first-order valence-electron chi connectivity index (χ1n) is 9.42. The molecule has 0 heterocycles. The van der Waals surface area contributed by atoms with E-state index in [-0.39, 0.29) is 52.3 Å². The Kier molecular flexibility index (Phi) is 5.31. The molecule has 1 saturated carbocycles. The van der Waals surface area contributed by atoms with Crippen LogP contribution < -0.4 is 0 Å². The van der Waals surface area contributed by atoms with Crippen LogP contribution in [-0.2, 0) is 9.59 Å². The van der Waals surface area contributed by atoms with E-state index in [4.69, 9.17) is 0 Å². The van der Waals surface area contributed by atoms with Crippen molar-refractivity contribution in [3.05, 3.63) is 62.4 Å². The number of fused-ring (bicyclic) bond motifs is 1. The van der Waals surface area contributed by atoms with E-state index in [2.05, 4.69) is 0 Å². The zero-order valence-corrected chi connectivity index (χ0v) is 16.2. The molecule has 1 aliphatic rings. The van der Waals surface area contributed by atoms with E-state index in [0.29, 0.717) is 29.2 Å². The number of nitro groups is 1. The zero-order valence-electron chi connectivity index (χ0n) is 16.2. The third kappa shape index (κ3) is 3.19. The molecule has 146 valence electrons. The van der Waals surface area contributed by atoms with E-state index in [1.54, 1.807) is 38.1 Å². The molecule has 1 fully saturated rings. The van der Waals surface area contributed by atoms with E-state index in [9.17, 15) is 24.8 Å². The Morgan fingerprint density at radius 1 is 1.11 bits per heavy atom. The average Bonchev–Trinajstić information content (AvgIpc) is 2.62. The van der Waals surface area contributed by atoms with E-state index in [1.807, 2.05) is 6.92 Å².